The Balaban J connectivity index is 2.80. The molecular formula is C13H16N2O2S. The van der Waals surface area contributed by atoms with Gasteiger partial charge >= 0.3 is 0 Å². The summed E-state index contributed by atoms with van der Waals surface area (Å²) >= 11 is 0. The van der Waals surface area contributed by atoms with E-state index in [2.05, 4.69) is 0 Å². The van der Waals surface area contributed by atoms with Crippen LogP contribution in [-0.2, 0) is 10.0 Å². The molecule has 1 aromatic rings. The van der Waals surface area contributed by atoms with Gasteiger partial charge in [-0.2, -0.15) is 9.57 Å². The minimum absolute atomic E-state index is 0.201. The first-order chi connectivity index (χ1) is 8.60. The van der Waals surface area contributed by atoms with E-state index in [0.717, 1.165) is 5.56 Å². The minimum atomic E-state index is -3.44. The average molecular weight is 264 g/mol. The van der Waals surface area contributed by atoms with Gasteiger partial charge in [-0.1, -0.05) is 37.3 Å². The van der Waals surface area contributed by atoms with E-state index in [-0.39, 0.29) is 13.0 Å². The number of sulfonamides is 1. The SMILES string of the molecule is CCN(CCC#N)S(=O)(=O)/C=C/c1ccccc1. The summed E-state index contributed by atoms with van der Waals surface area (Å²) in [5.41, 5.74) is 0.831. The number of benzene rings is 1. The second-order valence-corrected chi connectivity index (χ2v) is 5.48. The van der Waals surface area contributed by atoms with E-state index in [1.807, 2.05) is 36.4 Å². The fourth-order valence-corrected chi connectivity index (χ4v) is 2.66. The molecule has 0 radical (unpaired) electrons. The Labute approximate surface area is 108 Å². The van der Waals surface area contributed by atoms with E-state index in [1.54, 1.807) is 13.0 Å². The zero-order valence-corrected chi connectivity index (χ0v) is 11.1. The van der Waals surface area contributed by atoms with Crippen LogP contribution in [0.25, 0.3) is 6.08 Å². The van der Waals surface area contributed by atoms with Gasteiger partial charge in [-0.05, 0) is 11.6 Å². The summed E-state index contributed by atoms with van der Waals surface area (Å²) in [5.74, 6) is 0. The Hall–Kier alpha value is -1.64. The molecule has 0 aromatic heterocycles. The first-order valence-electron chi connectivity index (χ1n) is 5.70. The summed E-state index contributed by atoms with van der Waals surface area (Å²) in [6.45, 7) is 2.35. The third-order valence-corrected chi connectivity index (χ3v) is 4.06. The van der Waals surface area contributed by atoms with Crippen LogP contribution < -0.4 is 0 Å². The first-order valence-corrected chi connectivity index (χ1v) is 7.20. The first kappa shape index (κ1) is 14.4. The van der Waals surface area contributed by atoms with Crippen molar-refractivity contribution in [1.82, 2.24) is 4.31 Å². The predicted molar refractivity (Wildman–Crippen MR) is 71.9 cm³/mol. The maximum atomic E-state index is 12.0. The van der Waals surface area contributed by atoms with Crippen molar-refractivity contribution in [3.05, 3.63) is 41.3 Å². The van der Waals surface area contributed by atoms with E-state index in [0.29, 0.717) is 6.54 Å². The van der Waals surface area contributed by atoms with Crippen molar-refractivity contribution in [2.24, 2.45) is 0 Å². The fraction of sp³-hybridized carbons (Fsp3) is 0.308. The molecule has 0 amide bonds. The molecule has 1 aromatic carbocycles. The number of hydrogen-bond donors (Lipinski definition) is 0. The highest BCUT2D eigenvalue weighted by Gasteiger charge is 2.16. The molecule has 5 heteroatoms. The molecule has 0 heterocycles. The Morgan fingerprint density at radius 2 is 2.00 bits per heavy atom. The van der Waals surface area contributed by atoms with Gasteiger partial charge in [-0.3, -0.25) is 0 Å². The molecule has 18 heavy (non-hydrogen) atoms. The van der Waals surface area contributed by atoms with Crippen LogP contribution in [0.3, 0.4) is 0 Å². The Bertz CT molecular complexity index is 530. The zero-order valence-electron chi connectivity index (χ0n) is 10.3. The number of hydrogen-bond acceptors (Lipinski definition) is 3. The minimum Gasteiger partial charge on any atom is -0.208 e. The van der Waals surface area contributed by atoms with Gasteiger partial charge in [0, 0.05) is 24.9 Å². The van der Waals surface area contributed by atoms with Crippen LogP contribution in [0.5, 0.6) is 0 Å². The quantitative estimate of drug-likeness (QED) is 0.791. The molecule has 0 saturated heterocycles. The predicted octanol–water partition coefficient (Wildman–Crippen LogP) is 2.22. The summed E-state index contributed by atoms with van der Waals surface area (Å²) in [7, 11) is -3.44. The molecule has 96 valence electrons. The lowest BCUT2D eigenvalue weighted by molar-refractivity contribution is 0.442. The molecule has 0 bridgehead atoms. The molecule has 4 nitrogen and oxygen atoms in total. The van der Waals surface area contributed by atoms with Crippen molar-refractivity contribution < 1.29 is 8.42 Å². The lowest BCUT2D eigenvalue weighted by atomic mass is 10.2. The molecule has 0 saturated carbocycles. The molecule has 0 aliphatic carbocycles. The molecule has 0 atom stereocenters. The summed E-state index contributed by atoms with van der Waals surface area (Å²) in [5, 5.41) is 9.68. The summed E-state index contributed by atoms with van der Waals surface area (Å²) in [6, 6.07) is 11.2. The van der Waals surface area contributed by atoms with Crippen LogP contribution >= 0.6 is 0 Å². The lowest BCUT2D eigenvalue weighted by Gasteiger charge is -2.16. The van der Waals surface area contributed by atoms with Crippen LogP contribution in [0, 0.1) is 11.3 Å². The van der Waals surface area contributed by atoms with Gasteiger partial charge < -0.3 is 0 Å². The van der Waals surface area contributed by atoms with Gasteiger partial charge in [-0.25, -0.2) is 8.42 Å². The highest BCUT2D eigenvalue weighted by atomic mass is 32.2. The largest absolute Gasteiger partial charge is 0.236 e. The van der Waals surface area contributed by atoms with Crippen molar-refractivity contribution >= 4 is 16.1 Å². The van der Waals surface area contributed by atoms with Gasteiger partial charge in [0.05, 0.1) is 6.07 Å². The molecule has 0 unspecified atom stereocenters. The van der Waals surface area contributed by atoms with E-state index >= 15 is 0 Å². The molecule has 1 rings (SSSR count). The highest BCUT2D eigenvalue weighted by molar-refractivity contribution is 7.92. The maximum Gasteiger partial charge on any atom is 0.236 e. The molecule has 0 aliphatic rings. The van der Waals surface area contributed by atoms with Crippen molar-refractivity contribution in [1.29, 1.82) is 5.26 Å². The normalized spacial score (nSPS) is 11.8. The molecular weight excluding hydrogens is 248 g/mol. The van der Waals surface area contributed by atoms with Gasteiger partial charge in [0.1, 0.15) is 0 Å². The summed E-state index contributed by atoms with van der Waals surface area (Å²) < 4.78 is 25.2. The van der Waals surface area contributed by atoms with Crippen LogP contribution in [0.15, 0.2) is 35.7 Å². The van der Waals surface area contributed by atoms with Crippen molar-refractivity contribution in [2.75, 3.05) is 13.1 Å². The van der Waals surface area contributed by atoms with Gasteiger partial charge in [0.25, 0.3) is 0 Å². The molecule has 0 N–H and O–H groups in total. The molecule has 0 fully saturated rings. The fourth-order valence-electron chi connectivity index (χ4n) is 1.45. The smallest absolute Gasteiger partial charge is 0.208 e. The van der Waals surface area contributed by atoms with Gasteiger partial charge in [0.2, 0.25) is 10.0 Å². The molecule has 0 spiro atoms. The second kappa shape index (κ2) is 6.94. The lowest BCUT2D eigenvalue weighted by Crippen LogP contribution is -2.29. The van der Waals surface area contributed by atoms with Crippen LogP contribution in [0.4, 0.5) is 0 Å². The zero-order chi connectivity index (χ0) is 13.4. The maximum absolute atomic E-state index is 12.0. The van der Waals surface area contributed by atoms with E-state index in [4.69, 9.17) is 5.26 Å². The standard InChI is InChI=1S/C13H16N2O2S/c1-2-15(11-6-10-14)18(16,17)12-9-13-7-4-3-5-8-13/h3-5,7-9,12H,2,6,11H2,1H3/b12-9+. The van der Waals surface area contributed by atoms with Gasteiger partial charge in [-0.15, -0.1) is 0 Å². The monoisotopic (exact) mass is 264 g/mol. The average Bonchev–Trinajstić information content (AvgIpc) is 2.38. The van der Waals surface area contributed by atoms with E-state index in [1.165, 1.54) is 9.71 Å². The third-order valence-electron chi connectivity index (χ3n) is 2.42. The van der Waals surface area contributed by atoms with Gasteiger partial charge in [0.15, 0.2) is 0 Å². The summed E-state index contributed by atoms with van der Waals surface area (Å²) in [4.78, 5) is 0. The van der Waals surface area contributed by atoms with Crippen LogP contribution in [0.1, 0.15) is 18.9 Å². The van der Waals surface area contributed by atoms with E-state index < -0.39 is 10.0 Å². The summed E-state index contributed by atoms with van der Waals surface area (Å²) in [6.07, 6.45) is 1.76. The van der Waals surface area contributed by atoms with Crippen molar-refractivity contribution in [3.8, 4) is 6.07 Å². The topological polar surface area (TPSA) is 61.2 Å². The van der Waals surface area contributed by atoms with Crippen LogP contribution in [0.2, 0.25) is 0 Å². The number of rotatable bonds is 6. The van der Waals surface area contributed by atoms with Crippen molar-refractivity contribution in [3.63, 3.8) is 0 Å². The third kappa shape index (κ3) is 4.32. The van der Waals surface area contributed by atoms with Crippen molar-refractivity contribution in [2.45, 2.75) is 13.3 Å². The Kier molecular flexibility index (Phi) is 5.56. The number of nitriles is 1. The van der Waals surface area contributed by atoms with Crippen LogP contribution in [-0.4, -0.2) is 25.8 Å². The molecule has 0 aliphatic heterocycles. The second-order valence-electron chi connectivity index (χ2n) is 3.66. The Morgan fingerprint density at radius 3 is 2.56 bits per heavy atom. The van der Waals surface area contributed by atoms with E-state index in [9.17, 15) is 8.42 Å². The highest BCUT2D eigenvalue weighted by Crippen LogP contribution is 2.08. The Morgan fingerprint density at radius 1 is 1.33 bits per heavy atom. The number of nitrogens with zero attached hydrogens (tertiary/aromatic N) is 2.